The molecule has 0 aliphatic heterocycles. The Balaban J connectivity index is 0.00000147. The van der Waals surface area contributed by atoms with E-state index >= 15 is 0 Å². The van der Waals surface area contributed by atoms with Crippen LogP contribution in [0.1, 0.15) is 13.3 Å². The van der Waals surface area contributed by atoms with Crippen LogP contribution in [0, 0.1) is 0 Å². The van der Waals surface area contributed by atoms with Gasteiger partial charge in [0.25, 0.3) is 0 Å². The fourth-order valence-electron chi connectivity index (χ4n) is 2.27. The molecule has 3 rings (SSSR count). The summed E-state index contributed by atoms with van der Waals surface area (Å²) in [6.07, 6.45) is 0.373. The van der Waals surface area contributed by atoms with E-state index in [0.717, 1.165) is 21.5 Å². The number of fused-ring (bicyclic) bond motifs is 2. The van der Waals surface area contributed by atoms with Crippen molar-refractivity contribution in [2.75, 3.05) is 0 Å². The summed E-state index contributed by atoms with van der Waals surface area (Å²) in [5.74, 6) is 0.460. The molecule has 0 aromatic heterocycles. The van der Waals surface area contributed by atoms with Gasteiger partial charge in [-0.15, -0.1) is 12.4 Å². The van der Waals surface area contributed by atoms with Gasteiger partial charge < -0.3 is 4.74 Å². The predicted octanol–water partition coefficient (Wildman–Crippen LogP) is 4.73. The van der Waals surface area contributed by atoms with Gasteiger partial charge in [0.1, 0.15) is 5.75 Å². The van der Waals surface area contributed by atoms with Crippen molar-refractivity contribution < 1.29 is 9.53 Å². The molecule has 0 spiro atoms. The smallest absolute Gasteiger partial charge is 0.310 e. The molecule has 0 aliphatic rings. The lowest BCUT2D eigenvalue weighted by Crippen LogP contribution is -2.06. The van der Waals surface area contributed by atoms with Crippen LogP contribution in [-0.2, 0) is 4.79 Å². The van der Waals surface area contributed by atoms with Crippen LogP contribution in [0.4, 0.5) is 0 Å². The van der Waals surface area contributed by atoms with E-state index in [9.17, 15) is 4.79 Å². The Hall–Kier alpha value is -2.06. The van der Waals surface area contributed by atoms with Gasteiger partial charge in [-0.25, -0.2) is 0 Å². The van der Waals surface area contributed by atoms with Crippen LogP contribution in [0.3, 0.4) is 0 Å². The van der Waals surface area contributed by atoms with E-state index in [1.54, 1.807) is 6.92 Å². The third-order valence-corrected chi connectivity index (χ3v) is 3.23. The monoisotopic (exact) mass is 286 g/mol. The Morgan fingerprint density at radius 2 is 1.45 bits per heavy atom. The molecule has 3 heteroatoms. The average molecular weight is 287 g/mol. The molecule has 2 nitrogen and oxygen atoms in total. The molecule has 0 aliphatic carbocycles. The number of halogens is 1. The maximum atomic E-state index is 11.6. The van der Waals surface area contributed by atoms with Crippen LogP contribution in [0.5, 0.6) is 5.75 Å². The Morgan fingerprint density at radius 1 is 0.950 bits per heavy atom. The number of benzene rings is 3. The number of hydrogen-bond acceptors (Lipinski definition) is 2. The number of rotatable bonds is 2. The molecule has 0 amide bonds. The normalized spacial score (nSPS) is 10.2. The van der Waals surface area contributed by atoms with Crippen LogP contribution in [0.15, 0.2) is 54.6 Å². The molecule has 0 bridgehead atoms. The lowest BCUT2D eigenvalue weighted by molar-refractivity contribution is -0.133. The molecule has 0 atom stereocenters. The molecule has 102 valence electrons. The fourth-order valence-corrected chi connectivity index (χ4v) is 2.27. The van der Waals surface area contributed by atoms with Crippen molar-refractivity contribution in [3.8, 4) is 5.75 Å². The third-order valence-electron chi connectivity index (χ3n) is 3.23. The molecule has 0 radical (unpaired) electrons. The summed E-state index contributed by atoms with van der Waals surface area (Å²) in [6, 6.07) is 18.1. The van der Waals surface area contributed by atoms with Gasteiger partial charge in [0.15, 0.2) is 0 Å². The van der Waals surface area contributed by atoms with Gasteiger partial charge in [-0.2, -0.15) is 0 Å². The van der Waals surface area contributed by atoms with Gasteiger partial charge >= 0.3 is 5.97 Å². The summed E-state index contributed by atoms with van der Waals surface area (Å²) < 4.78 is 5.55. The van der Waals surface area contributed by atoms with E-state index in [4.69, 9.17) is 4.74 Å². The third kappa shape index (κ3) is 2.47. The molecule has 3 aromatic rings. The minimum absolute atomic E-state index is 0. The summed E-state index contributed by atoms with van der Waals surface area (Å²) in [5, 5.41) is 4.12. The van der Waals surface area contributed by atoms with Gasteiger partial charge in [-0.1, -0.05) is 55.5 Å². The summed E-state index contributed by atoms with van der Waals surface area (Å²) in [4.78, 5) is 11.6. The highest BCUT2D eigenvalue weighted by atomic mass is 35.5. The minimum Gasteiger partial charge on any atom is -0.425 e. The van der Waals surface area contributed by atoms with Crippen molar-refractivity contribution in [3.63, 3.8) is 0 Å². The Labute approximate surface area is 123 Å². The SMILES string of the molecule is CCC(=O)Oc1c2ccccc2cc2ccccc12.Cl. The molecule has 0 unspecified atom stereocenters. The van der Waals surface area contributed by atoms with Crippen LogP contribution in [0.25, 0.3) is 21.5 Å². The Bertz CT molecular complexity index is 711. The molecule has 0 saturated carbocycles. The summed E-state index contributed by atoms with van der Waals surface area (Å²) in [7, 11) is 0. The largest absolute Gasteiger partial charge is 0.425 e. The number of carbonyl (C=O) groups is 1. The first kappa shape index (κ1) is 14.4. The van der Waals surface area contributed by atoms with Gasteiger partial charge in [-0.3, -0.25) is 4.79 Å². The molecular weight excluding hydrogens is 272 g/mol. The fraction of sp³-hybridized carbons (Fsp3) is 0.118. The van der Waals surface area contributed by atoms with Crippen LogP contribution in [0.2, 0.25) is 0 Å². The van der Waals surface area contributed by atoms with Crippen molar-refractivity contribution in [2.24, 2.45) is 0 Å². The number of ether oxygens (including phenoxy) is 1. The number of carbonyl (C=O) groups excluding carboxylic acids is 1. The highest BCUT2D eigenvalue weighted by Crippen LogP contribution is 2.34. The molecule has 0 saturated heterocycles. The van der Waals surface area contributed by atoms with Gasteiger partial charge in [0, 0.05) is 17.2 Å². The van der Waals surface area contributed by atoms with Crippen molar-refractivity contribution in [3.05, 3.63) is 54.6 Å². The number of hydrogen-bond donors (Lipinski definition) is 0. The second kappa shape index (κ2) is 5.93. The standard InChI is InChI=1S/C17H14O2.ClH/c1-2-16(18)19-17-14-9-5-3-7-12(14)11-13-8-4-6-10-15(13)17;/h3-11H,2H2,1H3;1H. The van der Waals surface area contributed by atoms with Crippen molar-refractivity contribution >= 4 is 39.9 Å². The number of esters is 1. The molecule has 20 heavy (non-hydrogen) atoms. The maximum Gasteiger partial charge on any atom is 0.310 e. The van der Waals surface area contributed by atoms with Crippen LogP contribution < -0.4 is 4.74 Å². The van der Waals surface area contributed by atoms with E-state index in [1.807, 2.05) is 48.5 Å². The van der Waals surface area contributed by atoms with Crippen molar-refractivity contribution in [1.82, 2.24) is 0 Å². The molecule has 0 heterocycles. The van der Waals surface area contributed by atoms with E-state index in [0.29, 0.717) is 12.2 Å². The Kier molecular flexibility index (Phi) is 4.26. The zero-order valence-corrected chi connectivity index (χ0v) is 11.9. The van der Waals surface area contributed by atoms with E-state index in [2.05, 4.69) is 6.07 Å². The molecule has 0 fully saturated rings. The average Bonchev–Trinajstić information content (AvgIpc) is 2.46. The summed E-state index contributed by atoms with van der Waals surface area (Å²) >= 11 is 0. The lowest BCUT2D eigenvalue weighted by Gasteiger charge is -2.11. The van der Waals surface area contributed by atoms with Crippen LogP contribution in [-0.4, -0.2) is 5.97 Å². The van der Waals surface area contributed by atoms with Gasteiger partial charge in [0.05, 0.1) is 0 Å². The zero-order valence-electron chi connectivity index (χ0n) is 11.1. The summed E-state index contributed by atoms with van der Waals surface area (Å²) in [6.45, 7) is 1.80. The molecule has 3 aromatic carbocycles. The van der Waals surface area contributed by atoms with Crippen molar-refractivity contribution in [1.29, 1.82) is 0 Å². The highest BCUT2D eigenvalue weighted by molar-refractivity contribution is 6.06. The van der Waals surface area contributed by atoms with Crippen molar-refractivity contribution in [2.45, 2.75) is 13.3 Å². The zero-order chi connectivity index (χ0) is 13.2. The molecule has 0 N–H and O–H groups in total. The second-order valence-electron chi connectivity index (χ2n) is 4.48. The van der Waals surface area contributed by atoms with E-state index in [1.165, 1.54) is 0 Å². The van der Waals surface area contributed by atoms with Gasteiger partial charge in [-0.05, 0) is 16.8 Å². The topological polar surface area (TPSA) is 26.3 Å². The highest BCUT2D eigenvalue weighted by Gasteiger charge is 2.11. The first-order valence-electron chi connectivity index (χ1n) is 6.41. The van der Waals surface area contributed by atoms with E-state index in [-0.39, 0.29) is 18.4 Å². The van der Waals surface area contributed by atoms with Gasteiger partial charge in [0.2, 0.25) is 0 Å². The Morgan fingerprint density at radius 3 is 1.95 bits per heavy atom. The first-order valence-corrected chi connectivity index (χ1v) is 6.41. The lowest BCUT2D eigenvalue weighted by atomic mass is 10.0. The second-order valence-corrected chi connectivity index (χ2v) is 4.48. The quantitative estimate of drug-likeness (QED) is 0.387. The first-order chi connectivity index (χ1) is 9.29. The maximum absolute atomic E-state index is 11.6. The van der Waals surface area contributed by atoms with E-state index < -0.39 is 0 Å². The summed E-state index contributed by atoms with van der Waals surface area (Å²) in [5.41, 5.74) is 0. The van der Waals surface area contributed by atoms with Crippen LogP contribution >= 0.6 is 12.4 Å². The molecular formula is C17H15ClO2. The predicted molar refractivity (Wildman–Crippen MR) is 84.6 cm³/mol. The minimum atomic E-state index is -0.207.